The van der Waals surface area contributed by atoms with Gasteiger partial charge in [0.1, 0.15) is 5.69 Å². The van der Waals surface area contributed by atoms with Crippen LogP contribution in [0.5, 0.6) is 0 Å². The summed E-state index contributed by atoms with van der Waals surface area (Å²) in [6.45, 7) is 5.74. The van der Waals surface area contributed by atoms with Crippen molar-refractivity contribution in [3.8, 4) is 0 Å². The van der Waals surface area contributed by atoms with Gasteiger partial charge < -0.3 is 0 Å². The Bertz CT molecular complexity index is 802. The Hall–Kier alpha value is -1.60. The molecule has 0 bridgehead atoms. The lowest BCUT2D eigenvalue weighted by Crippen LogP contribution is -2.32. The highest BCUT2D eigenvalue weighted by molar-refractivity contribution is 9.10. The Balaban J connectivity index is 2.50. The van der Waals surface area contributed by atoms with Crippen molar-refractivity contribution in [3.05, 3.63) is 55.1 Å². The highest BCUT2D eigenvalue weighted by atomic mass is 79.9. The molecule has 0 saturated carbocycles. The van der Waals surface area contributed by atoms with E-state index < -0.39 is 0 Å². The van der Waals surface area contributed by atoms with Crippen molar-refractivity contribution >= 4 is 34.4 Å². The maximum atomic E-state index is 12.4. The molecule has 0 unspecified atom stereocenters. The summed E-state index contributed by atoms with van der Waals surface area (Å²) in [5, 5.41) is 10.9. The molecule has 0 saturated heterocycles. The number of aromatic nitrogens is 3. The third-order valence-corrected chi connectivity index (χ3v) is 3.49. The van der Waals surface area contributed by atoms with Crippen LogP contribution >= 0.6 is 28.1 Å². The van der Waals surface area contributed by atoms with Crippen LogP contribution in [0, 0.1) is 4.77 Å². The number of H-pyrrole nitrogens is 1. The monoisotopic (exact) mass is 366 g/mol. The number of hydrogen-bond acceptors (Lipinski definition) is 4. The third-order valence-electron chi connectivity index (χ3n) is 2.73. The summed E-state index contributed by atoms with van der Waals surface area (Å²) in [7, 11) is 0. The van der Waals surface area contributed by atoms with Crippen LogP contribution in [0.2, 0.25) is 0 Å². The van der Waals surface area contributed by atoms with E-state index in [0.717, 1.165) is 14.7 Å². The summed E-state index contributed by atoms with van der Waals surface area (Å²) in [4.78, 5) is 12.4. The van der Waals surface area contributed by atoms with Crippen molar-refractivity contribution in [2.24, 2.45) is 5.10 Å². The predicted octanol–water partition coefficient (Wildman–Crippen LogP) is 3.24. The van der Waals surface area contributed by atoms with Crippen LogP contribution in [0.3, 0.4) is 0 Å². The SMILES string of the molecule is CC(C)(C)c1n[nH]c(=S)n(/N=C\c2cccc(Br)c2)c1=O. The zero-order valence-corrected chi connectivity index (χ0v) is 14.3. The predicted molar refractivity (Wildman–Crippen MR) is 89.5 cm³/mol. The van der Waals surface area contributed by atoms with E-state index in [-0.39, 0.29) is 15.7 Å². The molecule has 110 valence electrons. The zero-order chi connectivity index (χ0) is 15.6. The molecule has 2 aromatic rings. The molecule has 2 rings (SSSR count). The summed E-state index contributed by atoms with van der Waals surface area (Å²) < 4.78 is 2.26. The Kier molecular flexibility index (Phi) is 4.53. The van der Waals surface area contributed by atoms with Crippen LogP contribution in [0.4, 0.5) is 0 Å². The zero-order valence-electron chi connectivity index (χ0n) is 11.9. The molecule has 1 heterocycles. The fourth-order valence-electron chi connectivity index (χ4n) is 1.70. The third kappa shape index (κ3) is 3.74. The molecular formula is C14H15BrN4OS. The fraction of sp³-hybridized carbons (Fsp3) is 0.286. The van der Waals surface area contributed by atoms with E-state index in [4.69, 9.17) is 12.2 Å². The number of nitrogens with zero attached hydrogens (tertiary/aromatic N) is 3. The topological polar surface area (TPSA) is 63.0 Å². The summed E-state index contributed by atoms with van der Waals surface area (Å²) in [5.41, 5.74) is 0.559. The summed E-state index contributed by atoms with van der Waals surface area (Å²) >= 11 is 8.47. The molecule has 0 aliphatic rings. The van der Waals surface area contributed by atoms with E-state index in [1.54, 1.807) is 6.21 Å². The van der Waals surface area contributed by atoms with Gasteiger partial charge in [-0.2, -0.15) is 14.9 Å². The molecular weight excluding hydrogens is 352 g/mol. The molecule has 21 heavy (non-hydrogen) atoms. The molecule has 0 aliphatic carbocycles. The van der Waals surface area contributed by atoms with Crippen LogP contribution < -0.4 is 5.56 Å². The lowest BCUT2D eigenvalue weighted by molar-refractivity contribution is 0.529. The summed E-state index contributed by atoms with van der Waals surface area (Å²) in [6, 6.07) is 7.59. The minimum atomic E-state index is -0.385. The van der Waals surface area contributed by atoms with Gasteiger partial charge in [-0.3, -0.25) is 9.89 Å². The van der Waals surface area contributed by atoms with Crippen LogP contribution in [0.1, 0.15) is 32.0 Å². The second-order valence-electron chi connectivity index (χ2n) is 5.54. The van der Waals surface area contributed by atoms with Crippen LogP contribution in [-0.4, -0.2) is 21.1 Å². The number of hydrogen-bond donors (Lipinski definition) is 1. The largest absolute Gasteiger partial charge is 0.297 e. The minimum Gasteiger partial charge on any atom is -0.265 e. The van der Waals surface area contributed by atoms with Crippen molar-refractivity contribution in [3.63, 3.8) is 0 Å². The molecule has 0 atom stereocenters. The first-order valence-corrected chi connectivity index (χ1v) is 7.51. The molecule has 5 nitrogen and oxygen atoms in total. The Morgan fingerprint density at radius 1 is 1.43 bits per heavy atom. The first kappa shape index (κ1) is 15.8. The van der Waals surface area contributed by atoms with Gasteiger partial charge in [-0.1, -0.05) is 48.8 Å². The van der Waals surface area contributed by atoms with E-state index in [2.05, 4.69) is 31.2 Å². The number of halogens is 1. The first-order valence-electron chi connectivity index (χ1n) is 6.31. The highest BCUT2D eigenvalue weighted by Crippen LogP contribution is 2.15. The molecule has 0 radical (unpaired) electrons. The number of nitrogens with one attached hydrogen (secondary N) is 1. The van der Waals surface area contributed by atoms with Gasteiger partial charge in [0.25, 0.3) is 5.56 Å². The molecule has 1 aromatic carbocycles. The summed E-state index contributed by atoms with van der Waals surface area (Å²) in [5.74, 6) is 0. The maximum absolute atomic E-state index is 12.4. The van der Waals surface area contributed by atoms with E-state index in [1.807, 2.05) is 45.0 Å². The molecule has 1 aromatic heterocycles. The Morgan fingerprint density at radius 2 is 2.14 bits per heavy atom. The lowest BCUT2D eigenvalue weighted by Gasteiger charge is -2.16. The summed E-state index contributed by atoms with van der Waals surface area (Å²) in [6.07, 6.45) is 1.59. The molecule has 0 spiro atoms. The van der Waals surface area contributed by atoms with Gasteiger partial charge in [0.15, 0.2) is 0 Å². The van der Waals surface area contributed by atoms with Gasteiger partial charge in [-0.05, 0) is 29.9 Å². The van der Waals surface area contributed by atoms with Gasteiger partial charge >= 0.3 is 0 Å². The second kappa shape index (κ2) is 6.03. The smallest absolute Gasteiger partial charge is 0.265 e. The average molecular weight is 367 g/mol. The molecule has 7 heteroatoms. The highest BCUT2D eigenvalue weighted by Gasteiger charge is 2.21. The Labute approximate surface area is 135 Å². The molecule has 0 aliphatic heterocycles. The fourth-order valence-corrected chi connectivity index (χ4v) is 2.29. The van der Waals surface area contributed by atoms with Crippen molar-refractivity contribution in [2.45, 2.75) is 26.2 Å². The van der Waals surface area contributed by atoms with Crippen LogP contribution in [0.15, 0.2) is 38.6 Å². The molecule has 1 N–H and O–H groups in total. The van der Waals surface area contributed by atoms with Crippen molar-refractivity contribution in [1.29, 1.82) is 0 Å². The quantitative estimate of drug-likeness (QED) is 0.655. The average Bonchev–Trinajstić information content (AvgIpc) is 2.37. The van der Waals surface area contributed by atoms with Gasteiger partial charge in [0.05, 0.1) is 6.21 Å². The normalized spacial score (nSPS) is 12.0. The number of benzene rings is 1. The number of aromatic amines is 1. The van der Waals surface area contributed by atoms with E-state index in [1.165, 1.54) is 0 Å². The molecule has 0 fully saturated rings. The standard InChI is InChI=1S/C14H15BrN4OS/c1-14(2,3)11-12(20)19(13(21)18-17-11)16-8-9-5-4-6-10(15)7-9/h4-8H,1-3H3,(H,18,21)/b16-8-. The second-order valence-corrected chi connectivity index (χ2v) is 6.85. The number of rotatable bonds is 2. The van der Waals surface area contributed by atoms with Crippen molar-refractivity contribution in [2.75, 3.05) is 0 Å². The first-order chi connectivity index (χ1) is 9.79. The van der Waals surface area contributed by atoms with Crippen molar-refractivity contribution < 1.29 is 0 Å². The van der Waals surface area contributed by atoms with E-state index in [9.17, 15) is 4.79 Å². The minimum absolute atomic E-state index is 0.166. The van der Waals surface area contributed by atoms with Gasteiger partial charge in [0.2, 0.25) is 4.77 Å². The van der Waals surface area contributed by atoms with Gasteiger partial charge in [-0.25, -0.2) is 0 Å². The van der Waals surface area contributed by atoms with E-state index >= 15 is 0 Å². The maximum Gasteiger partial charge on any atom is 0.297 e. The van der Waals surface area contributed by atoms with Crippen LogP contribution in [0.25, 0.3) is 0 Å². The van der Waals surface area contributed by atoms with E-state index in [0.29, 0.717) is 5.69 Å². The lowest BCUT2D eigenvalue weighted by atomic mass is 9.93. The van der Waals surface area contributed by atoms with Crippen molar-refractivity contribution in [1.82, 2.24) is 14.9 Å². The van der Waals surface area contributed by atoms with Crippen LogP contribution in [-0.2, 0) is 5.41 Å². The van der Waals surface area contributed by atoms with Gasteiger partial charge in [-0.15, -0.1) is 0 Å². The molecule has 0 amide bonds. The van der Waals surface area contributed by atoms with Gasteiger partial charge in [0, 0.05) is 9.89 Å². The Morgan fingerprint density at radius 3 is 2.76 bits per heavy atom.